The Kier molecular flexibility index (Phi) is 12.0. The van der Waals surface area contributed by atoms with Crippen LogP contribution in [0.15, 0.2) is 6.20 Å². The van der Waals surface area contributed by atoms with Crippen molar-refractivity contribution in [3.63, 3.8) is 0 Å². The van der Waals surface area contributed by atoms with Crippen molar-refractivity contribution in [3.8, 4) is 5.75 Å². The average molecular weight is 353 g/mol. The summed E-state index contributed by atoms with van der Waals surface area (Å²) in [7, 11) is 0. The van der Waals surface area contributed by atoms with Crippen LogP contribution in [0.2, 0.25) is 0 Å². The first kappa shape index (κ1) is 21.3. The van der Waals surface area contributed by atoms with Gasteiger partial charge in [-0.05, 0) is 24.7 Å². The molecule has 1 heterocycles. The average Bonchev–Trinajstić information content (AvgIpc) is 2.59. The van der Waals surface area contributed by atoms with Crippen LogP contribution in [0.1, 0.15) is 88.0 Å². The van der Waals surface area contributed by atoms with Crippen LogP contribution in [0.4, 0.5) is 0 Å². The van der Waals surface area contributed by atoms with E-state index in [-0.39, 0.29) is 5.75 Å². The number of aromatic nitrogens is 1. The minimum atomic E-state index is 0.273. The molecular formula is C20H36N2OS. The predicted molar refractivity (Wildman–Crippen MR) is 107 cm³/mol. The first-order valence-corrected chi connectivity index (χ1v) is 10.8. The van der Waals surface area contributed by atoms with Gasteiger partial charge in [-0.1, -0.05) is 64.7 Å². The molecule has 3 nitrogen and oxygen atoms in total. The highest BCUT2D eigenvalue weighted by molar-refractivity contribution is 7.98. The number of rotatable bonds is 14. The van der Waals surface area contributed by atoms with E-state index in [0.717, 1.165) is 16.9 Å². The third-order valence-corrected chi connectivity index (χ3v) is 5.63. The first-order chi connectivity index (χ1) is 11.7. The maximum absolute atomic E-state index is 10.0. The highest BCUT2D eigenvalue weighted by atomic mass is 32.2. The lowest BCUT2D eigenvalue weighted by Gasteiger charge is -2.11. The van der Waals surface area contributed by atoms with Gasteiger partial charge in [-0.2, -0.15) is 11.8 Å². The lowest BCUT2D eigenvalue weighted by atomic mass is 10.1. The number of thioether (sulfide) groups is 1. The predicted octanol–water partition coefficient (Wildman–Crippen LogP) is 5.71. The van der Waals surface area contributed by atoms with E-state index in [9.17, 15) is 5.11 Å². The summed E-state index contributed by atoms with van der Waals surface area (Å²) in [6.07, 6.45) is 15.6. The van der Waals surface area contributed by atoms with Gasteiger partial charge in [0.25, 0.3) is 0 Å². The number of aromatic hydroxyl groups is 1. The Balaban J connectivity index is 2.04. The van der Waals surface area contributed by atoms with Crippen molar-refractivity contribution in [2.24, 2.45) is 5.73 Å². The zero-order valence-electron chi connectivity index (χ0n) is 15.6. The van der Waals surface area contributed by atoms with Crippen molar-refractivity contribution in [1.82, 2.24) is 4.98 Å². The number of nitrogens with two attached hydrogens (primary N) is 1. The monoisotopic (exact) mass is 352 g/mol. The third kappa shape index (κ3) is 8.39. The Hall–Kier alpha value is -0.740. The molecule has 138 valence electrons. The van der Waals surface area contributed by atoms with Gasteiger partial charge in [-0.3, -0.25) is 4.98 Å². The first-order valence-electron chi connectivity index (χ1n) is 9.64. The quantitative estimate of drug-likeness (QED) is 0.421. The van der Waals surface area contributed by atoms with E-state index < -0.39 is 0 Å². The Morgan fingerprint density at radius 2 is 1.58 bits per heavy atom. The van der Waals surface area contributed by atoms with Gasteiger partial charge in [-0.15, -0.1) is 0 Å². The minimum Gasteiger partial charge on any atom is -0.506 e. The van der Waals surface area contributed by atoms with Crippen LogP contribution in [0.25, 0.3) is 0 Å². The normalized spacial score (nSPS) is 11.1. The second-order valence-corrected chi connectivity index (χ2v) is 7.74. The van der Waals surface area contributed by atoms with E-state index in [4.69, 9.17) is 5.73 Å². The Bertz CT molecular complexity index is 452. The third-order valence-electron chi connectivity index (χ3n) is 4.53. The topological polar surface area (TPSA) is 59.1 Å². The van der Waals surface area contributed by atoms with Crippen LogP contribution < -0.4 is 5.73 Å². The molecule has 0 unspecified atom stereocenters. The van der Waals surface area contributed by atoms with Crippen LogP contribution in [-0.2, 0) is 12.3 Å². The lowest BCUT2D eigenvalue weighted by Crippen LogP contribution is -2.04. The molecule has 1 rings (SSSR count). The van der Waals surface area contributed by atoms with Gasteiger partial charge in [0.2, 0.25) is 0 Å². The van der Waals surface area contributed by atoms with Gasteiger partial charge in [0.15, 0.2) is 0 Å². The van der Waals surface area contributed by atoms with Crippen molar-refractivity contribution >= 4 is 11.8 Å². The zero-order valence-corrected chi connectivity index (χ0v) is 16.5. The molecule has 0 saturated heterocycles. The molecule has 0 saturated carbocycles. The van der Waals surface area contributed by atoms with E-state index in [1.54, 1.807) is 0 Å². The molecule has 0 radical (unpaired) electrons. The standard InChI is InChI=1S/C20H36N2OS/c1-3-4-5-6-7-8-9-10-11-12-13-24-16-18-15-22-17(2)20(23)19(18)14-21/h15,23H,3-14,16,21H2,1-2H3. The second kappa shape index (κ2) is 13.5. The number of hydrogen-bond acceptors (Lipinski definition) is 4. The van der Waals surface area contributed by atoms with Gasteiger partial charge in [0.1, 0.15) is 5.75 Å². The number of nitrogens with zero attached hydrogens (tertiary/aromatic N) is 1. The highest BCUT2D eigenvalue weighted by Crippen LogP contribution is 2.26. The molecule has 0 atom stereocenters. The number of pyridine rings is 1. The van der Waals surface area contributed by atoms with E-state index >= 15 is 0 Å². The minimum absolute atomic E-state index is 0.273. The van der Waals surface area contributed by atoms with Gasteiger partial charge in [0.05, 0.1) is 5.69 Å². The number of aryl methyl sites for hydroxylation is 1. The smallest absolute Gasteiger partial charge is 0.141 e. The fourth-order valence-electron chi connectivity index (χ4n) is 2.91. The Morgan fingerprint density at radius 3 is 2.17 bits per heavy atom. The van der Waals surface area contributed by atoms with Crippen LogP contribution in [-0.4, -0.2) is 15.8 Å². The molecule has 0 bridgehead atoms. The van der Waals surface area contributed by atoms with Crippen LogP contribution in [0, 0.1) is 6.92 Å². The molecule has 3 N–H and O–H groups in total. The van der Waals surface area contributed by atoms with E-state index in [0.29, 0.717) is 12.2 Å². The van der Waals surface area contributed by atoms with E-state index in [1.165, 1.54) is 70.0 Å². The molecule has 0 spiro atoms. The number of hydrogen-bond donors (Lipinski definition) is 2. The largest absolute Gasteiger partial charge is 0.506 e. The molecule has 0 aromatic carbocycles. The second-order valence-electron chi connectivity index (χ2n) is 6.63. The molecule has 24 heavy (non-hydrogen) atoms. The lowest BCUT2D eigenvalue weighted by molar-refractivity contribution is 0.459. The van der Waals surface area contributed by atoms with Crippen LogP contribution in [0.5, 0.6) is 5.75 Å². The summed E-state index contributed by atoms with van der Waals surface area (Å²) < 4.78 is 0. The molecule has 0 amide bonds. The zero-order chi connectivity index (χ0) is 17.6. The van der Waals surface area contributed by atoms with Crippen LogP contribution >= 0.6 is 11.8 Å². The summed E-state index contributed by atoms with van der Waals surface area (Å²) >= 11 is 1.92. The van der Waals surface area contributed by atoms with Gasteiger partial charge in [0, 0.05) is 24.1 Å². The van der Waals surface area contributed by atoms with Crippen molar-refractivity contribution in [2.75, 3.05) is 5.75 Å². The van der Waals surface area contributed by atoms with E-state index in [1.807, 2.05) is 24.9 Å². The molecule has 0 aliphatic heterocycles. The molecule has 0 aliphatic rings. The van der Waals surface area contributed by atoms with Crippen molar-refractivity contribution in [3.05, 3.63) is 23.0 Å². The van der Waals surface area contributed by atoms with Gasteiger partial charge in [-0.25, -0.2) is 0 Å². The molecule has 1 aromatic rings. The highest BCUT2D eigenvalue weighted by Gasteiger charge is 2.10. The fraction of sp³-hybridized carbons (Fsp3) is 0.750. The molecule has 4 heteroatoms. The molecular weight excluding hydrogens is 316 g/mol. The summed E-state index contributed by atoms with van der Waals surface area (Å²) in [4.78, 5) is 4.24. The van der Waals surface area contributed by atoms with Gasteiger partial charge >= 0.3 is 0 Å². The SMILES string of the molecule is CCCCCCCCCCCCSCc1cnc(C)c(O)c1CN. The van der Waals surface area contributed by atoms with Crippen LogP contribution in [0.3, 0.4) is 0 Å². The molecule has 1 aromatic heterocycles. The summed E-state index contributed by atoms with van der Waals surface area (Å²) in [6.45, 7) is 4.46. The van der Waals surface area contributed by atoms with Crippen molar-refractivity contribution in [1.29, 1.82) is 0 Å². The Labute approximate surface area is 152 Å². The van der Waals surface area contributed by atoms with E-state index in [2.05, 4.69) is 11.9 Å². The van der Waals surface area contributed by atoms with Crippen molar-refractivity contribution in [2.45, 2.75) is 90.4 Å². The fourth-order valence-corrected chi connectivity index (χ4v) is 3.93. The summed E-state index contributed by atoms with van der Waals surface area (Å²) in [6, 6.07) is 0. The molecule has 0 fully saturated rings. The maximum Gasteiger partial charge on any atom is 0.141 e. The molecule has 0 aliphatic carbocycles. The number of unbranched alkanes of at least 4 members (excludes halogenated alkanes) is 9. The summed E-state index contributed by atoms with van der Waals surface area (Å²) in [5.41, 5.74) is 8.37. The van der Waals surface area contributed by atoms with Crippen molar-refractivity contribution < 1.29 is 5.11 Å². The summed E-state index contributed by atoms with van der Waals surface area (Å²) in [5, 5.41) is 10.0. The Morgan fingerprint density at radius 1 is 1.00 bits per heavy atom. The summed E-state index contributed by atoms with van der Waals surface area (Å²) in [5.74, 6) is 2.34. The maximum atomic E-state index is 10.0. The van der Waals surface area contributed by atoms with Gasteiger partial charge < -0.3 is 10.8 Å².